The van der Waals surface area contributed by atoms with Gasteiger partial charge >= 0.3 is 0 Å². The van der Waals surface area contributed by atoms with Crippen molar-refractivity contribution in [3.8, 4) is 11.3 Å². The predicted octanol–water partition coefficient (Wildman–Crippen LogP) is 3.90. The van der Waals surface area contributed by atoms with Crippen LogP contribution in [0.25, 0.3) is 22.0 Å². The Hall–Kier alpha value is -2.72. The Labute approximate surface area is 135 Å². The quantitative estimate of drug-likeness (QED) is 0.726. The highest BCUT2D eigenvalue weighted by Gasteiger charge is 2.09. The van der Waals surface area contributed by atoms with Crippen LogP contribution in [0.4, 0.5) is 5.69 Å². The van der Waals surface area contributed by atoms with Crippen LogP contribution in [0.15, 0.2) is 48.5 Å². The fourth-order valence-corrected chi connectivity index (χ4v) is 2.77. The second-order valence-electron chi connectivity index (χ2n) is 5.28. The van der Waals surface area contributed by atoms with Crippen LogP contribution in [0.1, 0.15) is 16.1 Å². The lowest BCUT2D eigenvalue weighted by Crippen LogP contribution is -1.98. The van der Waals surface area contributed by atoms with Gasteiger partial charge in [-0.2, -0.15) is 0 Å². The van der Waals surface area contributed by atoms with E-state index in [9.17, 15) is 4.79 Å². The molecule has 0 radical (unpaired) electrons. The fraction of sp³-hybridized carbons (Fsp3) is 0.158. The molecule has 4 nitrogen and oxygen atoms in total. The molecular formula is C19H18N2O2. The Morgan fingerprint density at radius 1 is 1.17 bits per heavy atom. The summed E-state index contributed by atoms with van der Waals surface area (Å²) in [6.45, 7) is 0.551. The van der Waals surface area contributed by atoms with Crippen LogP contribution < -0.4 is 5.32 Å². The van der Waals surface area contributed by atoms with Crippen LogP contribution in [-0.4, -0.2) is 25.4 Å². The number of methoxy groups -OCH3 is 1. The van der Waals surface area contributed by atoms with Gasteiger partial charge in [0.25, 0.3) is 0 Å². The van der Waals surface area contributed by atoms with Gasteiger partial charge in [-0.15, -0.1) is 0 Å². The zero-order valence-electron chi connectivity index (χ0n) is 13.2. The van der Waals surface area contributed by atoms with Crippen molar-refractivity contribution >= 4 is 22.7 Å². The minimum Gasteiger partial charge on any atom is -0.387 e. The van der Waals surface area contributed by atoms with Crippen molar-refractivity contribution in [2.75, 3.05) is 19.5 Å². The third-order valence-corrected chi connectivity index (χ3v) is 3.84. The largest absolute Gasteiger partial charge is 0.387 e. The van der Waals surface area contributed by atoms with Crippen molar-refractivity contribution in [2.24, 2.45) is 0 Å². The molecule has 0 aliphatic carbocycles. The molecule has 0 amide bonds. The number of hydrogen-bond donors (Lipinski definition) is 1. The number of pyridine rings is 1. The average molecular weight is 306 g/mol. The van der Waals surface area contributed by atoms with E-state index in [1.54, 1.807) is 13.2 Å². The molecule has 2 aromatic carbocycles. The van der Waals surface area contributed by atoms with Gasteiger partial charge in [0.15, 0.2) is 6.29 Å². The van der Waals surface area contributed by atoms with Crippen LogP contribution >= 0.6 is 0 Å². The lowest BCUT2D eigenvalue weighted by molar-refractivity contribution is 0.111. The van der Waals surface area contributed by atoms with Gasteiger partial charge < -0.3 is 10.1 Å². The van der Waals surface area contributed by atoms with Gasteiger partial charge in [-0.05, 0) is 23.6 Å². The Balaban J connectivity index is 2.18. The van der Waals surface area contributed by atoms with Crippen molar-refractivity contribution < 1.29 is 9.53 Å². The van der Waals surface area contributed by atoms with Crippen LogP contribution in [-0.2, 0) is 11.3 Å². The molecule has 0 aliphatic rings. The second kappa shape index (κ2) is 6.58. The first-order valence-electron chi connectivity index (χ1n) is 7.41. The number of ether oxygens (including phenoxy) is 1. The maximum atomic E-state index is 10.9. The van der Waals surface area contributed by atoms with Crippen LogP contribution in [0.5, 0.6) is 0 Å². The van der Waals surface area contributed by atoms with Gasteiger partial charge in [-0.25, -0.2) is 4.98 Å². The number of aromatic nitrogens is 1. The van der Waals surface area contributed by atoms with Crippen molar-refractivity contribution in [1.29, 1.82) is 0 Å². The molecule has 0 unspecified atom stereocenters. The molecule has 116 valence electrons. The summed E-state index contributed by atoms with van der Waals surface area (Å²) in [7, 11) is 3.60. The highest BCUT2D eigenvalue weighted by molar-refractivity contribution is 5.98. The number of anilines is 1. The fourth-order valence-electron chi connectivity index (χ4n) is 2.77. The van der Waals surface area contributed by atoms with E-state index in [1.165, 1.54) is 0 Å². The standard InChI is InChI=1S/C19H18N2O2/c1-20-19-15(12-23-2)9-7-13-6-8-14(10-17(13)19)18-5-3-4-16(11-22)21-18/h3-11,20H,12H2,1-2H3. The number of benzene rings is 2. The summed E-state index contributed by atoms with van der Waals surface area (Å²) in [5.41, 5.74) is 4.36. The average Bonchev–Trinajstić information content (AvgIpc) is 2.61. The lowest BCUT2D eigenvalue weighted by Gasteiger charge is -2.13. The number of aldehydes is 1. The monoisotopic (exact) mass is 306 g/mol. The summed E-state index contributed by atoms with van der Waals surface area (Å²) in [6, 6.07) is 15.8. The van der Waals surface area contributed by atoms with E-state index in [0.717, 1.165) is 39.6 Å². The van der Waals surface area contributed by atoms with Gasteiger partial charge in [0.2, 0.25) is 0 Å². The molecule has 3 aromatic rings. The van der Waals surface area contributed by atoms with Crippen LogP contribution in [0.3, 0.4) is 0 Å². The van der Waals surface area contributed by atoms with Gasteiger partial charge in [-0.1, -0.05) is 30.3 Å². The molecule has 0 atom stereocenters. The number of rotatable bonds is 5. The first-order valence-corrected chi connectivity index (χ1v) is 7.41. The first kappa shape index (κ1) is 15.2. The first-order chi connectivity index (χ1) is 11.3. The third kappa shape index (κ3) is 2.94. The molecule has 0 bridgehead atoms. The van der Waals surface area contributed by atoms with E-state index in [2.05, 4.69) is 34.6 Å². The van der Waals surface area contributed by atoms with Crippen molar-refractivity contribution in [3.63, 3.8) is 0 Å². The summed E-state index contributed by atoms with van der Waals surface area (Å²) >= 11 is 0. The summed E-state index contributed by atoms with van der Waals surface area (Å²) in [6.07, 6.45) is 0.764. The Morgan fingerprint density at radius 2 is 2.00 bits per heavy atom. The van der Waals surface area contributed by atoms with Crippen molar-refractivity contribution in [3.05, 3.63) is 59.8 Å². The summed E-state index contributed by atoms with van der Waals surface area (Å²) in [5.74, 6) is 0. The topological polar surface area (TPSA) is 51.2 Å². The molecule has 0 fully saturated rings. The van der Waals surface area contributed by atoms with Crippen LogP contribution in [0.2, 0.25) is 0 Å². The van der Waals surface area contributed by atoms with E-state index in [0.29, 0.717) is 12.3 Å². The number of nitrogens with one attached hydrogen (secondary N) is 1. The summed E-state index contributed by atoms with van der Waals surface area (Å²) < 4.78 is 5.27. The number of carbonyl (C=O) groups is 1. The van der Waals surface area contributed by atoms with Gasteiger partial charge in [0, 0.05) is 36.4 Å². The summed E-state index contributed by atoms with van der Waals surface area (Å²) in [4.78, 5) is 15.3. The van der Waals surface area contributed by atoms with E-state index in [-0.39, 0.29) is 0 Å². The number of carbonyl (C=O) groups excluding carboxylic acids is 1. The van der Waals surface area contributed by atoms with Crippen molar-refractivity contribution in [2.45, 2.75) is 6.61 Å². The SMILES string of the molecule is CNc1c(COC)ccc2ccc(-c3cccc(C=O)n3)cc12. The number of nitrogens with zero attached hydrogens (tertiary/aromatic N) is 1. The molecule has 23 heavy (non-hydrogen) atoms. The maximum Gasteiger partial charge on any atom is 0.168 e. The number of hydrogen-bond acceptors (Lipinski definition) is 4. The Morgan fingerprint density at radius 3 is 2.74 bits per heavy atom. The molecule has 0 aliphatic heterocycles. The Kier molecular flexibility index (Phi) is 4.35. The predicted molar refractivity (Wildman–Crippen MR) is 92.8 cm³/mol. The highest BCUT2D eigenvalue weighted by Crippen LogP contribution is 2.31. The lowest BCUT2D eigenvalue weighted by atomic mass is 10.00. The van der Waals surface area contributed by atoms with Gasteiger partial charge in [0.1, 0.15) is 5.69 Å². The maximum absolute atomic E-state index is 10.9. The van der Waals surface area contributed by atoms with E-state index in [4.69, 9.17) is 4.74 Å². The third-order valence-electron chi connectivity index (χ3n) is 3.84. The Bertz CT molecular complexity index is 859. The molecule has 4 heteroatoms. The summed E-state index contributed by atoms with van der Waals surface area (Å²) in [5, 5.41) is 5.52. The normalized spacial score (nSPS) is 10.7. The van der Waals surface area contributed by atoms with E-state index >= 15 is 0 Å². The van der Waals surface area contributed by atoms with Gasteiger partial charge in [-0.3, -0.25) is 4.79 Å². The minimum absolute atomic E-state index is 0.435. The molecule has 0 saturated heterocycles. The molecule has 1 aromatic heterocycles. The molecule has 0 spiro atoms. The number of fused-ring (bicyclic) bond motifs is 1. The van der Waals surface area contributed by atoms with E-state index < -0.39 is 0 Å². The molecule has 0 saturated carbocycles. The molecule has 1 heterocycles. The smallest absolute Gasteiger partial charge is 0.168 e. The molecular weight excluding hydrogens is 288 g/mol. The van der Waals surface area contributed by atoms with Crippen molar-refractivity contribution in [1.82, 2.24) is 4.98 Å². The molecule has 3 rings (SSSR count). The minimum atomic E-state index is 0.435. The van der Waals surface area contributed by atoms with Crippen LogP contribution in [0, 0.1) is 0 Å². The van der Waals surface area contributed by atoms with Gasteiger partial charge in [0.05, 0.1) is 12.3 Å². The molecule has 1 N–H and O–H groups in total. The zero-order valence-corrected chi connectivity index (χ0v) is 13.2. The zero-order chi connectivity index (χ0) is 16.2. The second-order valence-corrected chi connectivity index (χ2v) is 5.28. The van der Waals surface area contributed by atoms with E-state index in [1.807, 2.05) is 25.2 Å². The highest BCUT2D eigenvalue weighted by atomic mass is 16.5.